The number of benzene rings is 2. The predicted octanol–water partition coefficient (Wildman–Crippen LogP) is 3.39. The zero-order valence-electron chi connectivity index (χ0n) is 19.5. The molecule has 1 aliphatic heterocycles. The Labute approximate surface area is 203 Å². The third-order valence-corrected chi connectivity index (χ3v) is 5.93. The molecule has 1 saturated heterocycles. The van der Waals surface area contributed by atoms with Crippen LogP contribution in [-0.4, -0.2) is 47.2 Å². The topological polar surface area (TPSA) is 92.7 Å². The van der Waals surface area contributed by atoms with Crippen LogP contribution in [0.2, 0.25) is 0 Å². The second kappa shape index (κ2) is 10.3. The number of aryl methyl sites for hydroxylation is 1. The van der Waals surface area contributed by atoms with E-state index in [0.717, 1.165) is 5.56 Å². The van der Waals surface area contributed by atoms with E-state index in [-0.39, 0.29) is 24.1 Å². The van der Waals surface area contributed by atoms with E-state index in [2.05, 4.69) is 16.6 Å². The smallest absolute Gasteiger partial charge is 0.322 e. The maximum Gasteiger partial charge on any atom is 0.322 e. The molecular formula is C27H26N4O4. The van der Waals surface area contributed by atoms with Gasteiger partial charge in [0.1, 0.15) is 6.04 Å². The Balaban J connectivity index is 1.46. The van der Waals surface area contributed by atoms with Gasteiger partial charge in [-0.2, -0.15) is 0 Å². The van der Waals surface area contributed by atoms with Crippen molar-refractivity contribution < 1.29 is 14.3 Å². The largest absolute Gasteiger partial charge is 0.380 e. The van der Waals surface area contributed by atoms with Crippen LogP contribution in [0, 0.1) is 19.3 Å². The van der Waals surface area contributed by atoms with Gasteiger partial charge in [-0.25, -0.2) is 4.79 Å². The van der Waals surface area contributed by atoms with Crippen molar-refractivity contribution in [1.82, 2.24) is 9.47 Å². The maximum absolute atomic E-state index is 13.1. The molecule has 3 aromatic rings. The Morgan fingerprint density at radius 1 is 1.00 bits per heavy atom. The van der Waals surface area contributed by atoms with Crippen LogP contribution in [0.15, 0.2) is 71.7 Å². The summed E-state index contributed by atoms with van der Waals surface area (Å²) in [6.45, 7) is 2.20. The first-order valence-electron chi connectivity index (χ1n) is 11.2. The Bertz CT molecular complexity index is 1320. The molecule has 8 nitrogen and oxygen atoms in total. The van der Waals surface area contributed by atoms with Gasteiger partial charge in [-0.1, -0.05) is 12.0 Å². The molecule has 2 heterocycles. The number of hydrogen-bond donors (Lipinski definition) is 2. The van der Waals surface area contributed by atoms with Crippen molar-refractivity contribution in [1.29, 1.82) is 0 Å². The highest BCUT2D eigenvalue weighted by atomic mass is 16.5. The van der Waals surface area contributed by atoms with Crippen molar-refractivity contribution >= 4 is 23.3 Å². The number of ether oxygens (including phenoxy) is 1. The van der Waals surface area contributed by atoms with Gasteiger partial charge in [0.15, 0.2) is 0 Å². The van der Waals surface area contributed by atoms with Crippen LogP contribution in [0.1, 0.15) is 17.5 Å². The van der Waals surface area contributed by atoms with Gasteiger partial charge in [0.25, 0.3) is 5.56 Å². The van der Waals surface area contributed by atoms with Crippen molar-refractivity contribution in [3.8, 4) is 18.0 Å². The Hall–Kier alpha value is -4.35. The third kappa shape index (κ3) is 5.42. The number of rotatable bonds is 5. The Morgan fingerprint density at radius 3 is 2.31 bits per heavy atom. The number of anilines is 2. The lowest BCUT2D eigenvalue weighted by Crippen LogP contribution is -2.45. The van der Waals surface area contributed by atoms with E-state index in [1.54, 1.807) is 72.5 Å². The highest BCUT2D eigenvalue weighted by Crippen LogP contribution is 2.23. The molecule has 1 aromatic heterocycles. The number of hydrogen-bond acceptors (Lipinski definition) is 4. The quantitative estimate of drug-likeness (QED) is 0.559. The Morgan fingerprint density at radius 2 is 1.66 bits per heavy atom. The molecule has 4 rings (SSSR count). The molecule has 2 N–H and O–H groups in total. The summed E-state index contributed by atoms with van der Waals surface area (Å²) in [7, 11) is 1.56. The summed E-state index contributed by atoms with van der Waals surface area (Å²) in [6.07, 6.45) is 7.26. The van der Waals surface area contributed by atoms with Gasteiger partial charge in [-0.05, 0) is 61.0 Å². The number of urea groups is 1. The average Bonchev–Trinajstić information content (AvgIpc) is 3.32. The van der Waals surface area contributed by atoms with Crippen molar-refractivity contribution in [3.63, 3.8) is 0 Å². The fourth-order valence-corrected chi connectivity index (χ4v) is 4.01. The fraction of sp³-hybridized carbons (Fsp3) is 0.222. The summed E-state index contributed by atoms with van der Waals surface area (Å²) >= 11 is 0. The Kier molecular flexibility index (Phi) is 6.99. The summed E-state index contributed by atoms with van der Waals surface area (Å²) in [6, 6.07) is 16.0. The van der Waals surface area contributed by atoms with Crippen LogP contribution in [0.3, 0.4) is 0 Å². The highest BCUT2D eigenvalue weighted by molar-refractivity contribution is 5.99. The number of pyridine rings is 1. The lowest BCUT2D eigenvalue weighted by Gasteiger charge is -2.24. The zero-order chi connectivity index (χ0) is 24.9. The van der Waals surface area contributed by atoms with Gasteiger partial charge in [-0.3, -0.25) is 14.2 Å². The van der Waals surface area contributed by atoms with E-state index in [4.69, 9.17) is 11.2 Å². The molecule has 2 unspecified atom stereocenters. The number of nitrogens with one attached hydrogen (secondary N) is 2. The van der Waals surface area contributed by atoms with Crippen molar-refractivity contribution in [2.75, 3.05) is 24.3 Å². The minimum absolute atomic E-state index is 0.139. The van der Waals surface area contributed by atoms with Crippen LogP contribution in [0.4, 0.5) is 16.2 Å². The summed E-state index contributed by atoms with van der Waals surface area (Å²) in [4.78, 5) is 39.7. The normalized spacial score (nSPS) is 17.0. The molecule has 0 bridgehead atoms. The molecular weight excluding hydrogens is 444 g/mol. The second-order valence-electron chi connectivity index (χ2n) is 8.36. The number of nitrogens with zero attached hydrogens (tertiary/aromatic N) is 2. The second-order valence-corrected chi connectivity index (χ2v) is 8.36. The van der Waals surface area contributed by atoms with Crippen molar-refractivity contribution in [2.45, 2.75) is 25.5 Å². The van der Waals surface area contributed by atoms with Gasteiger partial charge < -0.3 is 20.3 Å². The molecule has 0 spiro atoms. The number of methoxy groups -OCH3 is 1. The zero-order valence-corrected chi connectivity index (χ0v) is 19.5. The van der Waals surface area contributed by atoms with E-state index < -0.39 is 12.1 Å². The number of terminal acetylenes is 1. The number of carbonyl (C=O) groups excluding carboxylic acids is 2. The van der Waals surface area contributed by atoms with Gasteiger partial charge in [0, 0.05) is 55.0 Å². The predicted molar refractivity (Wildman–Crippen MR) is 135 cm³/mol. The molecule has 35 heavy (non-hydrogen) atoms. The average molecular weight is 471 g/mol. The fourth-order valence-electron chi connectivity index (χ4n) is 4.01. The minimum Gasteiger partial charge on any atom is -0.380 e. The van der Waals surface area contributed by atoms with Gasteiger partial charge >= 0.3 is 6.03 Å². The SMILES string of the molecule is C#Cc1ccc(NC(=O)N2CC(OC)CC2C(=O)Nc2ccc(-n3cc(C)ccc3=O)cc2)cc1. The summed E-state index contributed by atoms with van der Waals surface area (Å²) < 4.78 is 6.98. The first-order valence-corrected chi connectivity index (χ1v) is 11.2. The number of aromatic nitrogens is 1. The molecule has 0 saturated carbocycles. The van der Waals surface area contributed by atoms with Gasteiger partial charge in [-0.15, -0.1) is 6.42 Å². The number of likely N-dealkylation sites (tertiary alicyclic amines) is 1. The van der Waals surface area contributed by atoms with Crippen LogP contribution >= 0.6 is 0 Å². The molecule has 178 valence electrons. The van der Waals surface area contributed by atoms with Crippen molar-refractivity contribution in [2.24, 2.45) is 0 Å². The lowest BCUT2D eigenvalue weighted by molar-refractivity contribution is -0.119. The maximum atomic E-state index is 13.1. The van der Waals surface area contributed by atoms with Gasteiger partial charge in [0.2, 0.25) is 5.91 Å². The third-order valence-electron chi connectivity index (χ3n) is 5.93. The minimum atomic E-state index is -0.705. The van der Waals surface area contributed by atoms with E-state index in [1.807, 2.05) is 6.92 Å². The van der Waals surface area contributed by atoms with Crippen LogP contribution < -0.4 is 16.2 Å². The lowest BCUT2D eigenvalue weighted by atomic mass is 10.1. The monoisotopic (exact) mass is 470 g/mol. The molecule has 8 heteroatoms. The molecule has 0 radical (unpaired) electrons. The summed E-state index contributed by atoms with van der Waals surface area (Å²) in [5.41, 5.74) is 3.36. The van der Waals surface area contributed by atoms with Crippen molar-refractivity contribution in [3.05, 3.63) is 88.3 Å². The summed E-state index contributed by atoms with van der Waals surface area (Å²) in [5.74, 6) is 2.21. The molecule has 3 amide bonds. The van der Waals surface area contributed by atoms with E-state index in [9.17, 15) is 14.4 Å². The molecule has 1 fully saturated rings. The standard InChI is InChI=1S/C27H26N4O4/c1-4-19-6-8-21(9-7-19)29-27(34)31-17-23(35-3)15-24(31)26(33)28-20-10-12-22(13-11-20)30-16-18(2)5-14-25(30)32/h1,5-14,16,23-24H,15,17H2,2-3H3,(H,28,33)(H,29,34). The molecule has 0 aliphatic carbocycles. The van der Waals surface area contributed by atoms with E-state index in [0.29, 0.717) is 29.0 Å². The highest BCUT2D eigenvalue weighted by Gasteiger charge is 2.40. The van der Waals surface area contributed by atoms with Crippen LogP contribution in [0.5, 0.6) is 0 Å². The molecule has 2 aromatic carbocycles. The summed E-state index contributed by atoms with van der Waals surface area (Å²) in [5, 5.41) is 5.69. The number of carbonyl (C=O) groups is 2. The van der Waals surface area contributed by atoms with E-state index in [1.165, 1.54) is 11.0 Å². The van der Waals surface area contributed by atoms with Gasteiger partial charge in [0.05, 0.1) is 6.10 Å². The van der Waals surface area contributed by atoms with E-state index >= 15 is 0 Å². The molecule has 2 atom stereocenters. The molecule has 1 aliphatic rings. The van der Waals surface area contributed by atoms with Crippen LogP contribution in [-0.2, 0) is 9.53 Å². The first-order chi connectivity index (χ1) is 16.9. The van der Waals surface area contributed by atoms with Crippen LogP contribution in [0.25, 0.3) is 5.69 Å². The number of amides is 3. The first kappa shape index (κ1) is 23.8.